The third-order valence-electron chi connectivity index (χ3n) is 2.08. The van der Waals surface area contributed by atoms with Gasteiger partial charge in [0, 0.05) is 6.20 Å². The molecule has 0 atom stereocenters. The van der Waals surface area contributed by atoms with Crippen molar-refractivity contribution in [2.75, 3.05) is 5.32 Å². The van der Waals surface area contributed by atoms with Crippen LogP contribution in [0.15, 0.2) is 29.0 Å². The van der Waals surface area contributed by atoms with Gasteiger partial charge in [0.15, 0.2) is 5.69 Å². The van der Waals surface area contributed by atoms with Crippen molar-refractivity contribution in [3.63, 3.8) is 0 Å². The maximum atomic E-state index is 11.7. The molecule has 0 aromatic carbocycles. The summed E-state index contributed by atoms with van der Waals surface area (Å²) in [4.78, 5) is 26.3. The van der Waals surface area contributed by atoms with E-state index in [0.29, 0.717) is 10.3 Å². The number of aromatic nitrogens is 4. The SMILES string of the molecule is O=C(Cn1cc(C(=O)O)nn1)Nc1ncccc1Br. The van der Waals surface area contributed by atoms with E-state index in [2.05, 4.69) is 36.5 Å². The Labute approximate surface area is 115 Å². The first kappa shape index (κ1) is 13.1. The van der Waals surface area contributed by atoms with E-state index in [0.717, 1.165) is 4.68 Å². The minimum Gasteiger partial charge on any atom is -0.476 e. The van der Waals surface area contributed by atoms with Crippen LogP contribution in [0.25, 0.3) is 0 Å². The molecule has 8 nitrogen and oxygen atoms in total. The summed E-state index contributed by atoms with van der Waals surface area (Å²) in [6.07, 6.45) is 2.72. The van der Waals surface area contributed by atoms with Crippen LogP contribution in [-0.2, 0) is 11.3 Å². The number of hydrogen-bond acceptors (Lipinski definition) is 5. The Morgan fingerprint density at radius 1 is 1.47 bits per heavy atom. The van der Waals surface area contributed by atoms with E-state index >= 15 is 0 Å². The van der Waals surface area contributed by atoms with Gasteiger partial charge in [0.1, 0.15) is 12.4 Å². The molecule has 2 aromatic heterocycles. The van der Waals surface area contributed by atoms with Gasteiger partial charge in [-0.2, -0.15) is 0 Å². The third kappa shape index (κ3) is 3.35. The number of carbonyl (C=O) groups excluding carboxylic acids is 1. The van der Waals surface area contributed by atoms with Gasteiger partial charge in [-0.3, -0.25) is 4.79 Å². The number of aromatic carboxylic acids is 1. The fourth-order valence-electron chi connectivity index (χ4n) is 1.27. The molecule has 0 radical (unpaired) electrons. The summed E-state index contributed by atoms with van der Waals surface area (Å²) >= 11 is 3.24. The Kier molecular flexibility index (Phi) is 3.85. The van der Waals surface area contributed by atoms with Crippen LogP contribution < -0.4 is 5.32 Å². The fraction of sp³-hybridized carbons (Fsp3) is 0.100. The molecule has 2 N–H and O–H groups in total. The number of carboxylic acids is 1. The van der Waals surface area contributed by atoms with Crippen molar-refractivity contribution in [1.29, 1.82) is 0 Å². The second kappa shape index (κ2) is 5.57. The highest BCUT2D eigenvalue weighted by molar-refractivity contribution is 9.10. The average molecular weight is 326 g/mol. The lowest BCUT2D eigenvalue weighted by Gasteiger charge is -2.05. The number of rotatable bonds is 4. The van der Waals surface area contributed by atoms with E-state index in [9.17, 15) is 9.59 Å². The molecule has 0 saturated carbocycles. The molecule has 9 heteroatoms. The number of anilines is 1. The lowest BCUT2D eigenvalue weighted by molar-refractivity contribution is -0.117. The Hall–Kier alpha value is -2.29. The van der Waals surface area contributed by atoms with Gasteiger partial charge < -0.3 is 10.4 Å². The normalized spacial score (nSPS) is 10.2. The van der Waals surface area contributed by atoms with Crippen LogP contribution in [0, 0.1) is 0 Å². The molecule has 2 rings (SSSR count). The van der Waals surface area contributed by atoms with Gasteiger partial charge in [0.2, 0.25) is 5.91 Å². The molecule has 0 bridgehead atoms. The van der Waals surface area contributed by atoms with E-state index in [1.165, 1.54) is 6.20 Å². The van der Waals surface area contributed by atoms with Gasteiger partial charge in [-0.25, -0.2) is 14.5 Å². The van der Waals surface area contributed by atoms with Crippen LogP contribution in [0.1, 0.15) is 10.5 Å². The molecular weight excluding hydrogens is 318 g/mol. The quantitative estimate of drug-likeness (QED) is 0.859. The van der Waals surface area contributed by atoms with E-state index in [-0.39, 0.29) is 18.1 Å². The number of carboxylic acid groups (broad SMARTS) is 1. The molecule has 0 aliphatic heterocycles. The number of nitrogens with zero attached hydrogens (tertiary/aromatic N) is 4. The number of pyridine rings is 1. The first-order valence-corrected chi connectivity index (χ1v) is 5.89. The number of amides is 1. The summed E-state index contributed by atoms with van der Waals surface area (Å²) in [6, 6.07) is 3.46. The topological polar surface area (TPSA) is 110 Å². The van der Waals surface area contributed by atoms with Gasteiger partial charge in [0.25, 0.3) is 0 Å². The molecule has 0 fully saturated rings. The molecule has 1 amide bonds. The summed E-state index contributed by atoms with van der Waals surface area (Å²) < 4.78 is 1.78. The number of halogens is 1. The summed E-state index contributed by atoms with van der Waals surface area (Å²) in [5, 5.41) is 18.2. The average Bonchev–Trinajstić information content (AvgIpc) is 2.80. The maximum Gasteiger partial charge on any atom is 0.358 e. The molecule has 19 heavy (non-hydrogen) atoms. The molecule has 2 aromatic rings. The second-order valence-electron chi connectivity index (χ2n) is 3.49. The summed E-state index contributed by atoms with van der Waals surface area (Å²) in [7, 11) is 0. The van der Waals surface area contributed by atoms with Gasteiger partial charge in [-0.15, -0.1) is 5.10 Å². The zero-order valence-electron chi connectivity index (χ0n) is 9.45. The van der Waals surface area contributed by atoms with E-state index in [4.69, 9.17) is 5.11 Å². The van der Waals surface area contributed by atoms with Crippen LogP contribution in [0.2, 0.25) is 0 Å². The molecule has 0 saturated heterocycles. The standard InChI is InChI=1S/C10H8BrN5O3/c11-6-2-1-3-12-9(6)13-8(17)5-16-4-7(10(18)19)14-15-16/h1-4H,5H2,(H,18,19)(H,12,13,17). The first-order chi connectivity index (χ1) is 9.06. The molecule has 0 aliphatic rings. The van der Waals surface area contributed by atoms with Crippen LogP contribution in [0.4, 0.5) is 5.82 Å². The summed E-state index contributed by atoms with van der Waals surface area (Å²) in [6.45, 7) is -0.150. The zero-order chi connectivity index (χ0) is 13.8. The minimum absolute atomic E-state index is 0.150. The number of nitrogens with one attached hydrogen (secondary N) is 1. The predicted molar refractivity (Wildman–Crippen MR) is 67.5 cm³/mol. The van der Waals surface area contributed by atoms with Crippen LogP contribution >= 0.6 is 15.9 Å². The highest BCUT2D eigenvalue weighted by atomic mass is 79.9. The highest BCUT2D eigenvalue weighted by Crippen LogP contribution is 2.17. The Morgan fingerprint density at radius 2 is 2.26 bits per heavy atom. The largest absolute Gasteiger partial charge is 0.476 e. The highest BCUT2D eigenvalue weighted by Gasteiger charge is 2.11. The smallest absolute Gasteiger partial charge is 0.358 e. The lowest BCUT2D eigenvalue weighted by atomic mass is 10.4. The van der Waals surface area contributed by atoms with Gasteiger partial charge in [-0.1, -0.05) is 5.21 Å². The second-order valence-corrected chi connectivity index (χ2v) is 4.34. The van der Waals surface area contributed by atoms with Crippen molar-refractivity contribution in [2.24, 2.45) is 0 Å². The van der Waals surface area contributed by atoms with E-state index < -0.39 is 5.97 Å². The van der Waals surface area contributed by atoms with Crippen LogP contribution in [0.3, 0.4) is 0 Å². The van der Waals surface area contributed by atoms with E-state index in [1.54, 1.807) is 18.3 Å². The van der Waals surface area contributed by atoms with Crippen molar-refractivity contribution >= 4 is 33.6 Å². The van der Waals surface area contributed by atoms with Crippen molar-refractivity contribution in [3.05, 3.63) is 34.7 Å². The summed E-state index contributed by atoms with van der Waals surface area (Å²) in [5.74, 6) is -1.20. The Bertz CT molecular complexity index is 627. The number of carbonyl (C=O) groups is 2. The Balaban J connectivity index is 2.01. The first-order valence-electron chi connectivity index (χ1n) is 5.10. The van der Waals surface area contributed by atoms with Crippen molar-refractivity contribution in [2.45, 2.75) is 6.54 Å². The molecule has 0 spiro atoms. The van der Waals surface area contributed by atoms with Crippen molar-refractivity contribution in [3.8, 4) is 0 Å². The van der Waals surface area contributed by atoms with Gasteiger partial charge in [-0.05, 0) is 28.1 Å². The molecule has 0 unspecified atom stereocenters. The monoisotopic (exact) mass is 325 g/mol. The van der Waals surface area contributed by atoms with Crippen molar-refractivity contribution < 1.29 is 14.7 Å². The fourth-order valence-corrected chi connectivity index (χ4v) is 1.62. The predicted octanol–water partition coefficient (Wildman–Crippen LogP) is 0.772. The molecule has 2 heterocycles. The van der Waals surface area contributed by atoms with E-state index in [1.807, 2.05) is 0 Å². The number of hydrogen-bond donors (Lipinski definition) is 2. The van der Waals surface area contributed by atoms with Crippen LogP contribution in [-0.4, -0.2) is 37.0 Å². The van der Waals surface area contributed by atoms with Crippen LogP contribution in [0.5, 0.6) is 0 Å². The Morgan fingerprint density at radius 3 is 2.89 bits per heavy atom. The van der Waals surface area contributed by atoms with Gasteiger partial charge >= 0.3 is 5.97 Å². The minimum atomic E-state index is -1.20. The maximum absolute atomic E-state index is 11.7. The van der Waals surface area contributed by atoms with Crippen molar-refractivity contribution in [1.82, 2.24) is 20.0 Å². The molecular formula is C10H8BrN5O3. The molecule has 0 aliphatic carbocycles. The molecule has 98 valence electrons. The van der Waals surface area contributed by atoms with Gasteiger partial charge in [0.05, 0.1) is 10.7 Å². The third-order valence-corrected chi connectivity index (χ3v) is 2.72. The zero-order valence-corrected chi connectivity index (χ0v) is 11.0. The lowest BCUT2D eigenvalue weighted by Crippen LogP contribution is -2.20. The summed E-state index contributed by atoms with van der Waals surface area (Å²) in [5.41, 5.74) is -0.216.